The van der Waals surface area contributed by atoms with Gasteiger partial charge in [-0.1, -0.05) is 6.92 Å². The van der Waals surface area contributed by atoms with Gasteiger partial charge < -0.3 is 15.3 Å². The molecule has 0 amide bonds. The van der Waals surface area contributed by atoms with Crippen LogP contribution >= 0.6 is 0 Å². The van der Waals surface area contributed by atoms with Crippen molar-refractivity contribution >= 4 is 0 Å². The number of piperidine rings is 1. The zero-order valence-corrected chi connectivity index (χ0v) is 10.7. The van der Waals surface area contributed by atoms with Crippen LogP contribution in [0.5, 0.6) is 0 Å². The van der Waals surface area contributed by atoms with E-state index in [2.05, 4.69) is 24.2 Å². The molecule has 0 radical (unpaired) electrons. The highest BCUT2D eigenvalue weighted by atomic mass is 16.3. The first-order valence-electron chi connectivity index (χ1n) is 6.79. The van der Waals surface area contributed by atoms with Crippen LogP contribution in [0.1, 0.15) is 32.6 Å². The molecule has 3 heteroatoms. The van der Waals surface area contributed by atoms with E-state index in [1.807, 2.05) is 0 Å². The van der Waals surface area contributed by atoms with Crippen LogP contribution in [0.25, 0.3) is 0 Å². The Hall–Kier alpha value is -0.120. The molecule has 0 aromatic carbocycles. The third-order valence-electron chi connectivity index (χ3n) is 3.95. The van der Waals surface area contributed by atoms with Gasteiger partial charge in [0.25, 0.3) is 0 Å². The van der Waals surface area contributed by atoms with E-state index in [1.54, 1.807) is 0 Å². The van der Waals surface area contributed by atoms with E-state index in [-0.39, 0.29) is 6.10 Å². The molecular formula is C13H26N2O. The van der Waals surface area contributed by atoms with Crippen molar-refractivity contribution < 1.29 is 5.11 Å². The van der Waals surface area contributed by atoms with Crippen LogP contribution in [0.15, 0.2) is 0 Å². The molecule has 0 bridgehead atoms. The minimum Gasteiger partial charge on any atom is -0.393 e. The van der Waals surface area contributed by atoms with Gasteiger partial charge in [-0.3, -0.25) is 0 Å². The highest BCUT2D eigenvalue weighted by molar-refractivity contribution is 4.87. The van der Waals surface area contributed by atoms with Gasteiger partial charge in [-0.25, -0.2) is 0 Å². The fourth-order valence-corrected chi connectivity index (χ4v) is 3.07. The molecular weight excluding hydrogens is 200 g/mol. The Labute approximate surface area is 99.2 Å². The molecule has 0 spiro atoms. The number of aliphatic hydroxyl groups excluding tert-OH is 1. The third-order valence-corrected chi connectivity index (χ3v) is 3.95. The van der Waals surface area contributed by atoms with E-state index in [1.165, 1.54) is 19.3 Å². The third kappa shape index (κ3) is 3.44. The SMILES string of the molecule is CCNC1CC(CC(O)C2CC2)CN(C)C1. The van der Waals surface area contributed by atoms with Crippen molar-refractivity contribution in [2.45, 2.75) is 44.8 Å². The molecule has 0 aromatic rings. The predicted octanol–water partition coefficient (Wildman–Crippen LogP) is 1.08. The highest BCUT2D eigenvalue weighted by Gasteiger charge is 2.33. The summed E-state index contributed by atoms with van der Waals surface area (Å²) < 4.78 is 0. The Kier molecular flexibility index (Phi) is 4.22. The molecule has 2 aliphatic rings. The summed E-state index contributed by atoms with van der Waals surface area (Å²) in [4.78, 5) is 2.40. The lowest BCUT2D eigenvalue weighted by molar-refractivity contribution is 0.0842. The van der Waals surface area contributed by atoms with Crippen molar-refractivity contribution in [1.29, 1.82) is 0 Å². The van der Waals surface area contributed by atoms with Crippen LogP contribution < -0.4 is 5.32 Å². The maximum atomic E-state index is 10.0. The lowest BCUT2D eigenvalue weighted by Gasteiger charge is -2.36. The van der Waals surface area contributed by atoms with Gasteiger partial charge in [0.1, 0.15) is 0 Å². The molecule has 1 aliphatic heterocycles. The van der Waals surface area contributed by atoms with Crippen LogP contribution in [0.4, 0.5) is 0 Å². The Morgan fingerprint density at radius 3 is 2.75 bits per heavy atom. The van der Waals surface area contributed by atoms with Gasteiger partial charge in [-0.15, -0.1) is 0 Å². The number of nitrogens with zero attached hydrogens (tertiary/aromatic N) is 1. The standard InChI is InChI=1S/C13H26N2O/c1-3-14-12-6-10(8-15(2)9-12)7-13(16)11-4-5-11/h10-14,16H,3-9H2,1-2H3. The lowest BCUT2D eigenvalue weighted by Crippen LogP contribution is -2.48. The molecule has 2 N–H and O–H groups in total. The second kappa shape index (κ2) is 5.48. The Morgan fingerprint density at radius 1 is 1.38 bits per heavy atom. The summed E-state index contributed by atoms with van der Waals surface area (Å²) in [7, 11) is 2.19. The first-order chi connectivity index (χ1) is 7.69. The Balaban J connectivity index is 1.78. The number of hydrogen-bond acceptors (Lipinski definition) is 3. The molecule has 1 heterocycles. The van der Waals surface area contributed by atoms with Gasteiger partial charge >= 0.3 is 0 Å². The van der Waals surface area contributed by atoms with Crippen molar-refractivity contribution in [2.75, 3.05) is 26.7 Å². The summed E-state index contributed by atoms with van der Waals surface area (Å²) in [5, 5.41) is 13.5. The summed E-state index contributed by atoms with van der Waals surface area (Å²) in [5.41, 5.74) is 0. The molecule has 0 aromatic heterocycles. The van der Waals surface area contributed by atoms with E-state index >= 15 is 0 Å². The highest BCUT2D eigenvalue weighted by Crippen LogP contribution is 2.36. The maximum Gasteiger partial charge on any atom is 0.0571 e. The summed E-state index contributed by atoms with van der Waals surface area (Å²) in [6, 6.07) is 0.625. The molecule has 3 unspecified atom stereocenters. The molecule has 1 saturated carbocycles. The van der Waals surface area contributed by atoms with E-state index in [0.29, 0.717) is 17.9 Å². The smallest absolute Gasteiger partial charge is 0.0571 e. The van der Waals surface area contributed by atoms with E-state index in [9.17, 15) is 5.11 Å². The zero-order chi connectivity index (χ0) is 11.5. The minimum atomic E-state index is -0.0289. The number of likely N-dealkylation sites (tertiary alicyclic amines) is 1. The first-order valence-corrected chi connectivity index (χ1v) is 6.79. The largest absolute Gasteiger partial charge is 0.393 e. The monoisotopic (exact) mass is 226 g/mol. The van der Waals surface area contributed by atoms with E-state index in [0.717, 1.165) is 26.1 Å². The van der Waals surface area contributed by atoms with E-state index < -0.39 is 0 Å². The normalized spacial score (nSPS) is 33.9. The molecule has 3 atom stereocenters. The summed E-state index contributed by atoms with van der Waals surface area (Å²) >= 11 is 0. The molecule has 1 aliphatic carbocycles. The van der Waals surface area contributed by atoms with Crippen LogP contribution in [0.2, 0.25) is 0 Å². The number of hydrogen-bond donors (Lipinski definition) is 2. The average molecular weight is 226 g/mol. The zero-order valence-electron chi connectivity index (χ0n) is 10.7. The number of nitrogens with one attached hydrogen (secondary N) is 1. The van der Waals surface area contributed by atoms with Gasteiger partial charge in [0.15, 0.2) is 0 Å². The van der Waals surface area contributed by atoms with E-state index in [4.69, 9.17) is 0 Å². The fraction of sp³-hybridized carbons (Fsp3) is 1.00. The second-order valence-electron chi connectivity index (χ2n) is 5.72. The van der Waals surface area contributed by atoms with Crippen molar-refractivity contribution in [1.82, 2.24) is 10.2 Å². The Morgan fingerprint density at radius 2 is 2.12 bits per heavy atom. The quantitative estimate of drug-likeness (QED) is 0.736. The van der Waals surface area contributed by atoms with Crippen LogP contribution in [0, 0.1) is 11.8 Å². The van der Waals surface area contributed by atoms with Gasteiger partial charge in [-0.05, 0) is 51.1 Å². The number of aliphatic hydroxyl groups is 1. The van der Waals surface area contributed by atoms with Crippen LogP contribution in [-0.4, -0.2) is 48.8 Å². The van der Waals surface area contributed by atoms with Gasteiger partial charge in [0, 0.05) is 19.1 Å². The average Bonchev–Trinajstić information content (AvgIpc) is 2.99. The van der Waals surface area contributed by atoms with Gasteiger partial charge in [0.2, 0.25) is 0 Å². The molecule has 1 saturated heterocycles. The van der Waals surface area contributed by atoms with Crippen molar-refractivity contribution in [3.63, 3.8) is 0 Å². The second-order valence-corrected chi connectivity index (χ2v) is 5.72. The lowest BCUT2D eigenvalue weighted by atomic mass is 9.88. The van der Waals surface area contributed by atoms with Gasteiger partial charge in [-0.2, -0.15) is 0 Å². The molecule has 2 rings (SSSR count). The number of rotatable bonds is 5. The Bertz CT molecular complexity index is 218. The predicted molar refractivity (Wildman–Crippen MR) is 66.4 cm³/mol. The summed E-state index contributed by atoms with van der Waals surface area (Å²) in [6.45, 7) is 5.54. The van der Waals surface area contributed by atoms with Crippen LogP contribution in [-0.2, 0) is 0 Å². The summed E-state index contributed by atoms with van der Waals surface area (Å²) in [6.07, 6.45) is 4.72. The molecule has 3 nitrogen and oxygen atoms in total. The number of likely N-dealkylation sites (N-methyl/N-ethyl adjacent to an activating group) is 2. The van der Waals surface area contributed by atoms with Gasteiger partial charge in [0.05, 0.1) is 6.10 Å². The minimum absolute atomic E-state index is 0.0289. The molecule has 16 heavy (non-hydrogen) atoms. The summed E-state index contributed by atoms with van der Waals surface area (Å²) in [5.74, 6) is 1.31. The van der Waals surface area contributed by atoms with Crippen molar-refractivity contribution in [3.05, 3.63) is 0 Å². The molecule has 94 valence electrons. The molecule has 2 fully saturated rings. The first kappa shape index (κ1) is 12.3. The fourth-order valence-electron chi connectivity index (χ4n) is 3.07. The topological polar surface area (TPSA) is 35.5 Å². The van der Waals surface area contributed by atoms with Crippen molar-refractivity contribution in [2.24, 2.45) is 11.8 Å². The van der Waals surface area contributed by atoms with Crippen LogP contribution in [0.3, 0.4) is 0 Å². The van der Waals surface area contributed by atoms with Crippen molar-refractivity contribution in [3.8, 4) is 0 Å². The maximum absolute atomic E-state index is 10.0.